The largest absolute Gasteiger partial charge is 0.479 e. The average molecular weight is 196 g/mol. The van der Waals surface area contributed by atoms with Gasteiger partial charge in [-0.25, -0.2) is 4.79 Å². The second-order valence-electron chi connectivity index (χ2n) is 2.82. The van der Waals surface area contributed by atoms with E-state index in [1.54, 1.807) is 13.8 Å². The first-order valence-electron chi connectivity index (χ1n) is 4.31. The molecule has 0 bridgehead atoms. The Kier molecular flexibility index (Phi) is 3.01. The van der Waals surface area contributed by atoms with Crippen LogP contribution in [-0.4, -0.2) is 22.4 Å². The first-order chi connectivity index (χ1) is 6.56. The highest BCUT2D eigenvalue weighted by atomic mass is 16.5. The van der Waals surface area contributed by atoms with Crippen LogP contribution in [0.2, 0.25) is 0 Å². The van der Waals surface area contributed by atoms with Gasteiger partial charge in [0.25, 0.3) is 0 Å². The Morgan fingerprint density at radius 1 is 1.57 bits per heavy atom. The fourth-order valence-corrected chi connectivity index (χ4v) is 1.23. The van der Waals surface area contributed by atoms with Gasteiger partial charge in [0.2, 0.25) is 5.88 Å². The Balaban J connectivity index is 3.36. The van der Waals surface area contributed by atoms with Crippen LogP contribution in [0.15, 0.2) is 4.79 Å². The summed E-state index contributed by atoms with van der Waals surface area (Å²) in [6.45, 7) is 5.18. The molecule has 0 fully saturated rings. The number of hydrogen-bond donors (Lipinski definition) is 1. The summed E-state index contributed by atoms with van der Waals surface area (Å²) in [5, 5.41) is 0. The monoisotopic (exact) mass is 196 g/mol. The summed E-state index contributed by atoms with van der Waals surface area (Å²) < 4.78 is 5.14. The zero-order valence-electron chi connectivity index (χ0n) is 8.38. The molecule has 0 radical (unpaired) electrons. The topological polar surface area (TPSA) is 72.1 Å². The van der Waals surface area contributed by atoms with Gasteiger partial charge in [-0.05, 0) is 20.8 Å². The van der Waals surface area contributed by atoms with E-state index in [1.807, 2.05) is 0 Å². The molecule has 0 aliphatic carbocycles. The number of H-pyrrole nitrogens is 1. The van der Waals surface area contributed by atoms with Crippen molar-refractivity contribution >= 4 is 5.78 Å². The van der Waals surface area contributed by atoms with Gasteiger partial charge in [0.15, 0.2) is 5.78 Å². The van der Waals surface area contributed by atoms with E-state index in [9.17, 15) is 9.59 Å². The van der Waals surface area contributed by atoms with Gasteiger partial charge in [-0.15, -0.1) is 0 Å². The number of hydrogen-bond acceptors (Lipinski definition) is 4. The maximum atomic E-state index is 11.2. The number of aromatic amines is 1. The van der Waals surface area contributed by atoms with Crippen LogP contribution < -0.4 is 10.4 Å². The lowest BCUT2D eigenvalue weighted by molar-refractivity contribution is 0.101. The van der Waals surface area contributed by atoms with E-state index in [0.29, 0.717) is 17.9 Å². The second kappa shape index (κ2) is 4.04. The number of carbonyl (C=O) groups is 1. The normalized spacial score (nSPS) is 9.93. The van der Waals surface area contributed by atoms with Crippen molar-refractivity contribution in [1.29, 1.82) is 0 Å². The van der Waals surface area contributed by atoms with E-state index >= 15 is 0 Å². The van der Waals surface area contributed by atoms with Crippen LogP contribution in [0.4, 0.5) is 0 Å². The van der Waals surface area contributed by atoms with Crippen molar-refractivity contribution < 1.29 is 9.53 Å². The van der Waals surface area contributed by atoms with Crippen LogP contribution >= 0.6 is 0 Å². The molecule has 76 valence electrons. The van der Waals surface area contributed by atoms with Crippen LogP contribution in [0.1, 0.15) is 29.9 Å². The first-order valence-corrected chi connectivity index (χ1v) is 4.31. The van der Waals surface area contributed by atoms with E-state index in [2.05, 4.69) is 9.97 Å². The molecule has 14 heavy (non-hydrogen) atoms. The van der Waals surface area contributed by atoms with Crippen molar-refractivity contribution in [2.75, 3.05) is 6.61 Å². The first kappa shape index (κ1) is 10.4. The molecule has 0 amide bonds. The van der Waals surface area contributed by atoms with E-state index in [4.69, 9.17) is 4.74 Å². The van der Waals surface area contributed by atoms with Gasteiger partial charge in [0, 0.05) is 0 Å². The van der Waals surface area contributed by atoms with Gasteiger partial charge in [0.1, 0.15) is 0 Å². The van der Waals surface area contributed by atoms with Crippen molar-refractivity contribution in [2.24, 2.45) is 0 Å². The lowest BCUT2D eigenvalue weighted by atomic mass is 10.1. The Morgan fingerprint density at radius 3 is 2.71 bits per heavy atom. The number of nitrogens with zero attached hydrogens (tertiary/aromatic N) is 1. The summed E-state index contributed by atoms with van der Waals surface area (Å²) in [6.07, 6.45) is 0. The highest BCUT2D eigenvalue weighted by molar-refractivity contribution is 5.97. The zero-order chi connectivity index (χ0) is 10.7. The van der Waals surface area contributed by atoms with E-state index in [-0.39, 0.29) is 11.7 Å². The van der Waals surface area contributed by atoms with Gasteiger partial charge in [-0.3, -0.25) is 9.78 Å². The van der Waals surface area contributed by atoms with Crippen LogP contribution in [-0.2, 0) is 0 Å². The number of Topliss-reactive ketones (excluding diaryl/α,β-unsaturated/α-hetero) is 1. The Labute approximate surface area is 81.1 Å². The fraction of sp³-hybridized carbons (Fsp3) is 0.444. The predicted octanol–water partition coefficient (Wildman–Crippen LogP) is 0.680. The van der Waals surface area contributed by atoms with Gasteiger partial charge < -0.3 is 4.74 Å². The molecule has 0 spiro atoms. The number of aryl methyl sites for hydroxylation is 1. The minimum absolute atomic E-state index is 0.172. The molecule has 0 saturated carbocycles. The predicted molar refractivity (Wildman–Crippen MR) is 50.8 cm³/mol. The van der Waals surface area contributed by atoms with Crippen LogP contribution in [0.25, 0.3) is 0 Å². The van der Waals surface area contributed by atoms with Gasteiger partial charge in [-0.2, -0.15) is 4.98 Å². The van der Waals surface area contributed by atoms with Crippen molar-refractivity contribution in [1.82, 2.24) is 9.97 Å². The summed E-state index contributed by atoms with van der Waals surface area (Å²) >= 11 is 0. The highest BCUT2D eigenvalue weighted by Crippen LogP contribution is 2.15. The Hall–Kier alpha value is -1.65. The minimum Gasteiger partial charge on any atom is -0.479 e. The highest BCUT2D eigenvalue weighted by Gasteiger charge is 2.14. The summed E-state index contributed by atoms with van der Waals surface area (Å²) in [5.41, 5.74) is 0.229. The minimum atomic E-state index is -0.504. The van der Waals surface area contributed by atoms with Crippen molar-refractivity contribution in [2.45, 2.75) is 20.8 Å². The lowest BCUT2D eigenvalue weighted by Gasteiger charge is -2.08. The lowest BCUT2D eigenvalue weighted by Crippen LogP contribution is -2.18. The molecule has 0 aliphatic rings. The molecular weight excluding hydrogens is 184 g/mol. The summed E-state index contributed by atoms with van der Waals surface area (Å²) in [7, 11) is 0. The molecule has 1 aromatic rings. The smallest absolute Gasteiger partial charge is 0.347 e. The number of rotatable bonds is 3. The molecule has 1 N–H and O–H groups in total. The Morgan fingerprint density at radius 2 is 2.21 bits per heavy atom. The molecule has 0 aromatic carbocycles. The second-order valence-corrected chi connectivity index (χ2v) is 2.82. The van der Waals surface area contributed by atoms with Crippen molar-refractivity contribution in [3.63, 3.8) is 0 Å². The standard InChI is InChI=1S/C9H12N2O3/c1-4-14-8-7(6(3)12)5(2)10-9(13)11-8/h4H2,1-3H3,(H,10,11,13). The maximum Gasteiger partial charge on any atom is 0.347 e. The summed E-state index contributed by atoms with van der Waals surface area (Å²) in [4.78, 5) is 28.2. The number of ketones is 1. The molecule has 5 nitrogen and oxygen atoms in total. The number of ether oxygens (including phenoxy) is 1. The van der Waals surface area contributed by atoms with E-state index in [1.165, 1.54) is 6.92 Å². The van der Waals surface area contributed by atoms with Crippen LogP contribution in [0.5, 0.6) is 5.88 Å². The third-order valence-corrected chi connectivity index (χ3v) is 1.72. The molecule has 0 atom stereocenters. The molecule has 1 aromatic heterocycles. The van der Waals surface area contributed by atoms with E-state index in [0.717, 1.165) is 0 Å². The van der Waals surface area contributed by atoms with Gasteiger partial charge >= 0.3 is 5.69 Å². The zero-order valence-corrected chi connectivity index (χ0v) is 8.38. The van der Waals surface area contributed by atoms with E-state index < -0.39 is 5.69 Å². The maximum absolute atomic E-state index is 11.2. The third kappa shape index (κ3) is 1.99. The van der Waals surface area contributed by atoms with Crippen LogP contribution in [0.3, 0.4) is 0 Å². The van der Waals surface area contributed by atoms with Crippen molar-refractivity contribution in [3.05, 3.63) is 21.7 Å². The fourth-order valence-electron chi connectivity index (χ4n) is 1.23. The van der Waals surface area contributed by atoms with Crippen molar-refractivity contribution in [3.8, 4) is 5.88 Å². The number of nitrogens with one attached hydrogen (secondary N) is 1. The quantitative estimate of drug-likeness (QED) is 0.721. The third-order valence-electron chi connectivity index (χ3n) is 1.72. The molecule has 0 unspecified atom stereocenters. The van der Waals surface area contributed by atoms with Gasteiger partial charge in [0.05, 0.1) is 17.9 Å². The Bertz CT molecular complexity index is 409. The molecular formula is C9H12N2O3. The molecule has 0 aliphatic heterocycles. The number of carbonyl (C=O) groups excluding carboxylic acids is 1. The molecule has 0 saturated heterocycles. The summed E-state index contributed by atoms with van der Waals surface area (Å²) in [6, 6.07) is 0. The van der Waals surface area contributed by atoms with Crippen LogP contribution in [0, 0.1) is 6.92 Å². The summed E-state index contributed by atoms with van der Waals surface area (Å²) in [5.74, 6) is 0.0344. The SMILES string of the molecule is CCOc1[nH]c(=O)nc(C)c1C(C)=O. The number of aromatic nitrogens is 2. The molecule has 1 heterocycles. The molecule has 1 rings (SSSR count). The molecule has 5 heteroatoms. The average Bonchev–Trinajstić information content (AvgIpc) is 2.01. The van der Waals surface area contributed by atoms with Gasteiger partial charge in [-0.1, -0.05) is 0 Å².